The molecule has 0 aromatic heterocycles. The van der Waals surface area contributed by atoms with Crippen molar-refractivity contribution in [3.05, 3.63) is 28.8 Å². The smallest absolute Gasteiger partial charge is 0.226 e. The molecule has 4 aliphatic carbocycles. The molecule has 4 bridgehead atoms. The van der Waals surface area contributed by atoms with Gasteiger partial charge in [0.2, 0.25) is 5.91 Å². The van der Waals surface area contributed by atoms with Crippen LogP contribution in [-0.2, 0) is 4.79 Å². The lowest BCUT2D eigenvalue weighted by molar-refractivity contribution is -0.116. The van der Waals surface area contributed by atoms with Crippen LogP contribution < -0.4 is 5.32 Å². The van der Waals surface area contributed by atoms with Gasteiger partial charge in [-0.3, -0.25) is 9.79 Å². The van der Waals surface area contributed by atoms with Crippen LogP contribution in [0, 0.1) is 24.7 Å². The van der Waals surface area contributed by atoms with Crippen molar-refractivity contribution in [2.45, 2.75) is 63.5 Å². The third kappa shape index (κ3) is 4.35. The fraction of sp³-hybridized carbons (Fsp3) is 0.652. The molecular weight excluding hydrogens is 437 g/mol. The predicted molar refractivity (Wildman–Crippen MR) is 129 cm³/mol. The molecule has 1 aromatic carbocycles. The number of thioether (sulfide) groups is 1. The molecule has 164 valence electrons. The fourth-order valence-corrected chi connectivity index (χ4v) is 7.97. The second-order valence-electron chi connectivity index (χ2n) is 9.85. The molecule has 6 rings (SSSR count). The predicted octanol–water partition coefficient (Wildman–Crippen LogP) is 5.77. The van der Waals surface area contributed by atoms with Gasteiger partial charge in [-0.1, -0.05) is 29.4 Å². The molecule has 1 aromatic rings. The lowest BCUT2D eigenvalue weighted by Crippen LogP contribution is -2.50. The SMILES string of the molecule is Cc1ccc(NC(=O)CC2CS/C(=N\C34CC5CC(CC(C5)C3)C4)N2C)c(Cl)c1.Cl. The second kappa shape index (κ2) is 8.55. The standard InChI is InChI=1S/C23H30ClN3OS.ClH/c1-14-3-4-20(19(24)5-14)25-21(28)9-18-13-29-22(27(18)2)26-23-10-15-6-16(11-23)8-17(7-15)12-23;/h3-5,15-18H,6-13H2,1-2H3,(H,25,28);1H/b26-22-;. The zero-order chi connectivity index (χ0) is 20.2. The van der Waals surface area contributed by atoms with Crippen LogP contribution in [0.25, 0.3) is 0 Å². The van der Waals surface area contributed by atoms with Gasteiger partial charge in [-0.15, -0.1) is 12.4 Å². The highest BCUT2D eigenvalue weighted by atomic mass is 35.5. The number of aliphatic imine (C=N–C) groups is 1. The van der Waals surface area contributed by atoms with Crippen LogP contribution in [-0.4, -0.2) is 40.4 Å². The molecule has 5 aliphatic rings. The Morgan fingerprint density at radius 2 is 1.87 bits per heavy atom. The Balaban J connectivity index is 0.00000218. The van der Waals surface area contributed by atoms with Crippen molar-refractivity contribution < 1.29 is 4.79 Å². The number of anilines is 1. The molecule has 1 N–H and O–H groups in total. The molecule has 1 atom stereocenters. The number of hydrogen-bond donors (Lipinski definition) is 1. The third-order valence-electron chi connectivity index (χ3n) is 7.41. The normalized spacial score (nSPS) is 35.6. The summed E-state index contributed by atoms with van der Waals surface area (Å²) in [6.45, 7) is 1.99. The van der Waals surface area contributed by atoms with Gasteiger partial charge in [0.15, 0.2) is 5.17 Å². The molecule has 0 spiro atoms. The highest BCUT2D eigenvalue weighted by molar-refractivity contribution is 8.14. The zero-order valence-electron chi connectivity index (χ0n) is 17.7. The number of amidine groups is 1. The highest BCUT2D eigenvalue weighted by Crippen LogP contribution is 2.57. The number of hydrogen-bond acceptors (Lipinski definition) is 3. The minimum atomic E-state index is 0. The van der Waals surface area contributed by atoms with E-state index in [4.69, 9.17) is 16.6 Å². The summed E-state index contributed by atoms with van der Waals surface area (Å²) in [6, 6.07) is 5.92. The number of benzene rings is 1. The summed E-state index contributed by atoms with van der Waals surface area (Å²) in [4.78, 5) is 20.2. The first kappa shape index (κ1) is 22.3. The zero-order valence-corrected chi connectivity index (χ0v) is 20.1. The van der Waals surface area contributed by atoms with E-state index < -0.39 is 0 Å². The number of aryl methyl sites for hydroxylation is 1. The van der Waals surface area contributed by atoms with Crippen LogP contribution in [0.15, 0.2) is 23.2 Å². The van der Waals surface area contributed by atoms with Gasteiger partial charge in [-0.05, 0) is 80.9 Å². The van der Waals surface area contributed by atoms with Crippen molar-refractivity contribution in [1.29, 1.82) is 0 Å². The van der Waals surface area contributed by atoms with E-state index >= 15 is 0 Å². The molecule has 30 heavy (non-hydrogen) atoms. The van der Waals surface area contributed by atoms with Crippen LogP contribution >= 0.6 is 35.8 Å². The van der Waals surface area contributed by atoms with E-state index in [1.54, 1.807) is 0 Å². The van der Waals surface area contributed by atoms with Crippen molar-refractivity contribution >= 4 is 52.5 Å². The Bertz CT molecular complexity index is 824. The monoisotopic (exact) mass is 467 g/mol. The molecule has 4 nitrogen and oxygen atoms in total. The van der Waals surface area contributed by atoms with Gasteiger partial charge in [0.05, 0.1) is 16.2 Å². The number of rotatable bonds is 4. The maximum atomic E-state index is 12.6. The molecule has 4 saturated carbocycles. The fourth-order valence-electron chi connectivity index (χ4n) is 6.39. The second-order valence-corrected chi connectivity index (χ2v) is 11.2. The van der Waals surface area contributed by atoms with Gasteiger partial charge in [-0.25, -0.2) is 0 Å². The summed E-state index contributed by atoms with van der Waals surface area (Å²) in [6.07, 6.45) is 8.65. The first-order valence-electron chi connectivity index (χ1n) is 10.9. The highest BCUT2D eigenvalue weighted by Gasteiger charge is 2.51. The summed E-state index contributed by atoms with van der Waals surface area (Å²) in [5.41, 5.74) is 1.97. The van der Waals surface area contributed by atoms with Crippen molar-refractivity contribution in [2.24, 2.45) is 22.7 Å². The lowest BCUT2D eigenvalue weighted by atomic mass is 9.53. The summed E-state index contributed by atoms with van der Waals surface area (Å²) in [7, 11) is 2.11. The summed E-state index contributed by atoms with van der Waals surface area (Å²) in [5, 5.41) is 4.72. The molecule has 7 heteroatoms. The molecule has 1 heterocycles. The number of carbonyl (C=O) groups excluding carboxylic acids is 1. The topological polar surface area (TPSA) is 44.7 Å². The molecule has 1 aliphatic heterocycles. The number of halogens is 2. The molecule has 1 amide bonds. The quantitative estimate of drug-likeness (QED) is 0.610. The minimum absolute atomic E-state index is 0. The largest absolute Gasteiger partial charge is 0.350 e. The Hall–Kier alpha value is -0.910. The summed E-state index contributed by atoms with van der Waals surface area (Å²) < 4.78 is 0. The Morgan fingerprint density at radius 1 is 1.23 bits per heavy atom. The van der Waals surface area contributed by atoms with Crippen LogP contribution in [0.4, 0.5) is 5.69 Å². The molecular formula is C23H31Cl2N3OS. The van der Waals surface area contributed by atoms with Gasteiger partial charge >= 0.3 is 0 Å². The van der Waals surface area contributed by atoms with Gasteiger partial charge in [0.25, 0.3) is 0 Å². The van der Waals surface area contributed by atoms with Crippen LogP contribution in [0.5, 0.6) is 0 Å². The first-order chi connectivity index (χ1) is 13.9. The van der Waals surface area contributed by atoms with Crippen LogP contribution in [0.3, 0.4) is 0 Å². The summed E-state index contributed by atoms with van der Waals surface area (Å²) >= 11 is 8.10. The molecule has 1 unspecified atom stereocenters. The van der Waals surface area contributed by atoms with E-state index in [9.17, 15) is 4.79 Å². The van der Waals surface area contributed by atoms with E-state index in [1.807, 2.05) is 36.9 Å². The number of nitrogens with one attached hydrogen (secondary N) is 1. The van der Waals surface area contributed by atoms with Crippen LogP contribution in [0.1, 0.15) is 50.5 Å². The van der Waals surface area contributed by atoms with E-state index in [-0.39, 0.29) is 29.9 Å². The number of amides is 1. The molecule has 1 saturated heterocycles. The van der Waals surface area contributed by atoms with E-state index in [0.717, 1.165) is 34.2 Å². The van der Waals surface area contributed by atoms with Gasteiger partial charge in [0, 0.05) is 25.3 Å². The minimum Gasteiger partial charge on any atom is -0.350 e. The first-order valence-corrected chi connectivity index (χ1v) is 12.3. The Labute approximate surface area is 195 Å². The van der Waals surface area contributed by atoms with Gasteiger partial charge in [-0.2, -0.15) is 0 Å². The molecule has 0 radical (unpaired) electrons. The van der Waals surface area contributed by atoms with Crippen molar-refractivity contribution in [2.75, 3.05) is 18.1 Å². The Kier molecular flexibility index (Phi) is 6.36. The van der Waals surface area contributed by atoms with E-state index in [1.165, 1.54) is 38.5 Å². The van der Waals surface area contributed by atoms with Crippen LogP contribution in [0.2, 0.25) is 5.02 Å². The lowest BCUT2D eigenvalue weighted by Gasteiger charge is -2.55. The van der Waals surface area contributed by atoms with E-state index in [2.05, 4.69) is 17.3 Å². The Morgan fingerprint density at radius 3 is 2.47 bits per heavy atom. The maximum absolute atomic E-state index is 12.6. The van der Waals surface area contributed by atoms with E-state index in [0.29, 0.717) is 17.1 Å². The summed E-state index contributed by atoms with van der Waals surface area (Å²) in [5.74, 6) is 3.66. The van der Waals surface area contributed by atoms with Gasteiger partial charge < -0.3 is 10.2 Å². The van der Waals surface area contributed by atoms with Crippen molar-refractivity contribution in [3.8, 4) is 0 Å². The van der Waals surface area contributed by atoms with Crippen molar-refractivity contribution in [1.82, 2.24) is 4.90 Å². The third-order valence-corrected chi connectivity index (χ3v) is 8.91. The number of nitrogens with zero attached hydrogens (tertiary/aromatic N) is 2. The number of carbonyl (C=O) groups is 1. The average Bonchev–Trinajstić information content (AvgIpc) is 2.96. The van der Waals surface area contributed by atoms with Gasteiger partial charge in [0.1, 0.15) is 0 Å². The average molecular weight is 468 g/mol. The molecule has 5 fully saturated rings. The van der Waals surface area contributed by atoms with Crippen molar-refractivity contribution in [3.63, 3.8) is 0 Å². The maximum Gasteiger partial charge on any atom is 0.226 e.